The molecule has 8 nitrogen and oxygen atoms in total. The number of hydrogen-bond donors (Lipinski definition) is 1. The Morgan fingerprint density at radius 2 is 1.91 bits per heavy atom. The SMILES string of the molecule is CCCCOc1ccc(C(=O)Nc2ccc(F)c(S(=O)(=O)N3CCOCC3)c2)cc1OC. The highest BCUT2D eigenvalue weighted by Gasteiger charge is 2.29. The molecule has 1 saturated heterocycles. The molecular formula is C22H27FN2O6S. The molecule has 10 heteroatoms. The number of amides is 1. The van der Waals surface area contributed by atoms with Crippen LogP contribution in [0.25, 0.3) is 0 Å². The van der Waals surface area contributed by atoms with E-state index in [0.29, 0.717) is 18.1 Å². The number of morpholine rings is 1. The minimum absolute atomic E-state index is 0.144. The number of sulfonamides is 1. The fourth-order valence-electron chi connectivity index (χ4n) is 3.16. The Hall–Kier alpha value is -2.69. The van der Waals surface area contributed by atoms with Gasteiger partial charge in [0.2, 0.25) is 10.0 Å². The fraction of sp³-hybridized carbons (Fsp3) is 0.409. The number of carbonyl (C=O) groups excluding carboxylic acids is 1. The van der Waals surface area contributed by atoms with E-state index in [0.717, 1.165) is 25.0 Å². The van der Waals surface area contributed by atoms with Gasteiger partial charge in [0, 0.05) is 24.3 Å². The van der Waals surface area contributed by atoms with Crippen LogP contribution >= 0.6 is 0 Å². The molecule has 0 spiro atoms. The van der Waals surface area contributed by atoms with Gasteiger partial charge in [-0.15, -0.1) is 0 Å². The third-order valence-corrected chi connectivity index (χ3v) is 6.87. The highest BCUT2D eigenvalue weighted by Crippen LogP contribution is 2.29. The second-order valence-electron chi connectivity index (χ2n) is 7.18. The minimum atomic E-state index is -4.05. The predicted octanol–water partition coefficient (Wildman–Crippen LogP) is 3.29. The maximum absolute atomic E-state index is 14.4. The third kappa shape index (κ3) is 5.56. The van der Waals surface area contributed by atoms with Crippen LogP contribution < -0.4 is 14.8 Å². The Labute approximate surface area is 187 Å². The Kier molecular flexibility index (Phi) is 8.05. The number of ether oxygens (including phenoxy) is 3. The maximum Gasteiger partial charge on any atom is 0.255 e. The lowest BCUT2D eigenvalue weighted by Gasteiger charge is -2.26. The normalized spacial score (nSPS) is 14.7. The van der Waals surface area contributed by atoms with Crippen molar-refractivity contribution in [2.45, 2.75) is 24.7 Å². The summed E-state index contributed by atoms with van der Waals surface area (Å²) in [5.74, 6) is -0.448. The molecule has 0 aliphatic carbocycles. The van der Waals surface area contributed by atoms with Gasteiger partial charge in [0.1, 0.15) is 10.7 Å². The lowest BCUT2D eigenvalue weighted by molar-refractivity contribution is 0.0729. The third-order valence-electron chi connectivity index (χ3n) is 4.96. The number of anilines is 1. The van der Waals surface area contributed by atoms with Crippen LogP contribution in [-0.4, -0.2) is 58.7 Å². The maximum atomic E-state index is 14.4. The lowest BCUT2D eigenvalue weighted by Crippen LogP contribution is -2.40. The molecule has 1 aliphatic heterocycles. The van der Waals surface area contributed by atoms with Gasteiger partial charge in [-0.3, -0.25) is 4.79 Å². The molecular weight excluding hydrogens is 439 g/mol. The molecule has 0 aromatic heterocycles. The quantitative estimate of drug-likeness (QED) is 0.570. The first-order chi connectivity index (χ1) is 15.4. The van der Waals surface area contributed by atoms with Gasteiger partial charge in [-0.05, 0) is 42.8 Å². The van der Waals surface area contributed by atoms with Crippen LogP contribution in [0.3, 0.4) is 0 Å². The number of nitrogens with one attached hydrogen (secondary N) is 1. The van der Waals surface area contributed by atoms with Crippen LogP contribution in [0.4, 0.5) is 10.1 Å². The van der Waals surface area contributed by atoms with Crippen LogP contribution in [0, 0.1) is 5.82 Å². The van der Waals surface area contributed by atoms with Gasteiger partial charge >= 0.3 is 0 Å². The molecule has 32 heavy (non-hydrogen) atoms. The van der Waals surface area contributed by atoms with E-state index < -0.39 is 26.6 Å². The van der Waals surface area contributed by atoms with Gasteiger partial charge in [0.05, 0.1) is 26.9 Å². The molecule has 2 aromatic rings. The van der Waals surface area contributed by atoms with Gasteiger partial charge in [-0.1, -0.05) is 13.3 Å². The first kappa shape index (κ1) is 24.0. The molecule has 0 radical (unpaired) electrons. The van der Waals surface area contributed by atoms with Crippen LogP contribution in [0.15, 0.2) is 41.3 Å². The molecule has 1 N–H and O–H groups in total. The van der Waals surface area contributed by atoms with Crippen molar-refractivity contribution in [3.8, 4) is 11.5 Å². The summed E-state index contributed by atoms with van der Waals surface area (Å²) < 4.78 is 57.4. The number of methoxy groups -OCH3 is 1. The predicted molar refractivity (Wildman–Crippen MR) is 117 cm³/mol. The van der Waals surface area contributed by atoms with Crippen molar-refractivity contribution in [3.05, 3.63) is 47.8 Å². The summed E-state index contributed by atoms with van der Waals surface area (Å²) in [7, 11) is -2.57. The summed E-state index contributed by atoms with van der Waals surface area (Å²) in [6, 6.07) is 8.21. The zero-order valence-corrected chi connectivity index (χ0v) is 18.9. The molecule has 0 atom stereocenters. The van der Waals surface area contributed by atoms with Crippen molar-refractivity contribution in [2.75, 3.05) is 45.3 Å². The highest BCUT2D eigenvalue weighted by atomic mass is 32.2. The fourth-order valence-corrected chi connectivity index (χ4v) is 4.66. The molecule has 0 unspecified atom stereocenters. The van der Waals surface area contributed by atoms with Crippen molar-refractivity contribution >= 4 is 21.6 Å². The number of nitrogens with zero attached hydrogens (tertiary/aromatic N) is 1. The average Bonchev–Trinajstić information content (AvgIpc) is 2.81. The number of rotatable bonds is 9. The number of halogens is 1. The molecule has 3 rings (SSSR count). The number of hydrogen-bond acceptors (Lipinski definition) is 6. The summed E-state index contributed by atoms with van der Waals surface area (Å²) in [4.78, 5) is 12.2. The number of benzene rings is 2. The van der Waals surface area contributed by atoms with Crippen molar-refractivity contribution in [3.63, 3.8) is 0 Å². The van der Waals surface area contributed by atoms with Crippen molar-refractivity contribution < 1.29 is 31.8 Å². The molecule has 1 heterocycles. The average molecular weight is 467 g/mol. The first-order valence-electron chi connectivity index (χ1n) is 10.4. The van der Waals surface area contributed by atoms with Gasteiger partial charge in [-0.2, -0.15) is 4.31 Å². The smallest absolute Gasteiger partial charge is 0.255 e. The van der Waals surface area contributed by atoms with E-state index in [1.165, 1.54) is 23.5 Å². The summed E-state index contributed by atoms with van der Waals surface area (Å²) in [6.45, 7) is 3.37. The van der Waals surface area contributed by atoms with Crippen LogP contribution in [-0.2, 0) is 14.8 Å². The molecule has 2 aromatic carbocycles. The van der Waals surface area contributed by atoms with Gasteiger partial charge in [0.25, 0.3) is 5.91 Å². The topological polar surface area (TPSA) is 94.2 Å². The Bertz CT molecular complexity index is 1050. The van der Waals surface area contributed by atoms with Crippen molar-refractivity contribution in [1.29, 1.82) is 0 Å². The van der Waals surface area contributed by atoms with E-state index in [2.05, 4.69) is 12.2 Å². The zero-order valence-electron chi connectivity index (χ0n) is 18.1. The van der Waals surface area contributed by atoms with E-state index >= 15 is 0 Å². The van der Waals surface area contributed by atoms with E-state index in [-0.39, 0.29) is 37.6 Å². The second kappa shape index (κ2) is 10.8. The zero-order chi connectivity index (χ0) is 23.1. The summed E-state index contributed by atoms with van der Waals surface area (Å²) in [5.41, 5.74) is 0.442. The molecule has 0 bridgehead atoms. The molecule has 1 fully saturated rings. The summed E-state index contributed by atoms with van der Waals surface area (Å²) in [5, 5.41) is 2.61. The Morgan fingerprint density at radius 3 is 2.59 bits per heavy atom. The molecule has 1 amide bonds. The first-order valence-corrected chi connectivity index (χ1v) is 11.8. The number of carbonyl (C=O) groups is 1. The standard InChI is InChI=1S/C22H27FN2O6S/c1-3-4-11-31-19-8-5-16(14-20(19)29-2)22(26)24-17-6-7-18(23)21(15-17)32(27,28)25-9-12-30-13-10-25/h5-8,14-15H,3-4,9-13H2,1-2H3,(H,24,26). The van der Waals surface area contributed by atoms with Crippen molar-refractivity contribution in [2.24, 2.45) is 0 Å². The Balaban J connectivity index is 1.79. The van der Waals surface area contributed by atoms with Crippen molar-refractivity contribution in [1.82, 2.24) is 4.31 Å². The van der Waals surface area contributed by atoms with E-state index in [1.54, 1.807) is 12.1 Å². The lowest BCUT2D eigenvalue weighted by atomic mass is 10.1. The Morgan fingerprint density at radius 1 is 1.16 bits per heavy atom. The molecule has 0 saturated carbocycles. The summed E-state index contributed by atoms with van der Waals surface area (Å²) in [6.07, 6.45) is 1.88. The summed E-state index contributed by atoms with van der Waals surface area (Å²) >= 11 is 0. The molecule has 1 aliphatic rings. The van der Waals surface area contributed by atoms with Gasteiger partial charge < -0.3 is 19.5 Å². The minimum Gasteiger partial charge on any atom is -0.493 e. The van der Waals surface area contributed by atoms with Gasteiger partial charge in [0.15, 0.2) is 11.5 Å². The van der Waals surface area contributed by atoms with E-state index in [9.17, 15) is 17.6 Å². The van der Waals surface area contributed by atoms with Crippen LogP contribution in [0.2, 0.25) is 0 Å². The van der Waals surface area contributed by atoms with E-state index in [4.69, 9.17) is 14.2 Å². The van der Waals surface area contributed by atoms with Crippen LogP contribution in [0.1, 0.15) is 30.1 Å². The monoisotopic (exact) mass is 466 g/mol. The van der Waals surface area contributed by atoms with Crippen LogP contribution in [0.5, 0.6) is 11.5 Å². The van der Waals surface area contributed by atoms with E-state index in [1.807, 2.05) is 0 Å². The second-order valence-corrected chi connectivity index (χ2v) is 9.09. The van der Waals surface area contributed by atoms with Gasteiger partial charge in [-0.25, -0.2) is 12.8 Å². The molecule has 174 valence electrons. The largest absolute Gasteiger partial charge is 0.493 e. The highest BCUT2D eigenvalue weighted by molar-refractivity contribution is 7.89. The number of unbranched alkanes of at least 4 members (excludes halogenated alkanes) is 1.